The van der Waals surface area contributed by atoms with Crippen molar-refractivity contribution in [3.63, 3.8) is 0 Å². The fourth-order valence-corrected chi connectivity index (χ4v) is 5.00. The molecule has 1 aliphatic rings. The summed E-state index contributed by atoms with van der Waals surface area (Å²) in [6.45, 7) is 6.92. The standard InChI is InChI=1S/C28H30N2O3S/c1-4-5-15-33-25-13-10-21(11-14-25)27(32)29-23-8-6-7-22(17-23)28-30(26(31)18-34-28)24-12-9-19(2)20(3)16-24/h6-14,16-17,28H,4-5,15,18H2,1-3H3,(H,29,32)/t28-/m1/s1. The minimum Gasteiger partial charge on any atom is -0.494 e. The van der Waals surface area contributed by atoms with Gasteiger partial charge in [-0.1, -0.05) is 31.5 Å². The lowest BCUT2D eigenvalue weighted by Gasteiger charge is -2.25. The molecule has 5 nitrogen and oxygen atoms in total. The van der Waals surface area contributed by atoms with Crippen LogP contribution in [0.1, 0.15) is 52.2 Å². The third kappa shape index (κ3) is 5.45. The Balaban J connectivity index is 1.48. The van der Waals surface area contributed by atoms with Gasteiger partial charge in [-0.15, -0.1) is 11.8 Å². The number of hydrogen-bond acceptors (Lipinski definition) is 4. The SMILES string of the molecule is CCCCOc1ccc(C(=O)Nc2cccc([C@H]3SCC(=O)N3c3ccc(C)c(C)c3)c2)cc1. The van der Waals surface area contributed by atoms with Gasteiger partial charge in [0.25, 0.3) is 5.91 Å². The molecule has 4 rings (SSSR count). The normalized spacial score (nSPS) is 15.4. The molecule has 0 unspecified atom stereocenters. The first-order valence-electron chi connectivity index (χ1n) is 11.6. The van der Waals surface area contributed by atoms with E-state index in [1.54, 1.807) is 23.9 Å². The van der Waals surface area contributed by atoms with Crippen LogP contribution in [0.3, 0.4) is 0 Å². The number of nitrogens with zero attached hydrogens (tertiary/aromatic N) is 1. The summed E-state index contributed by atoms with van der Waals surface area (Å²) in [5.74, 6) is 1.11. The number of amides is 2. The second-order valence-electron chi connectivity index (χ2n) is 8.50. The van der Waals surface area contributed by atoms with Gasteiger partial charge in [-0.3, -0.25) is 14.5 Å². The van der Waals surface area contributed by atoms with Gasteiger partial charge in [0.2, 0.25) is 5.91 Å². The lowest BCUT2D eigenvalue weighted by molar-refractivity contribution is -0.115. The van der Waals surface area contributed by atoms with Gasteiger partial charge in [-0.25, -0.2) is 0 Å². The number of thioether (sulfide) groups is 1. The molecule has 34 heavy (non-hydrogen) atoms. The molecule has 3 aromatic rings. The van der Waals surface area contributed by atoms with Gasteiger partial charge in [0.15, 0.2) is 0 Å². The van der Waals surface area contributed by atoms with Gasteiger partial charge in [0.1, 0.15) is 11.1 Å². The summed E-state index contributed by atoms with van der Waals surface area (Å²) in [5.41, 5.74) is 5.50. The Kier molecular flexibility index (Phi) is 7.58. The topological polar surface area (TPSA) is 58.6 Å². The van der Waals surface area contributed by atoms with E-state index in [2.05, 4.69) is 38.2 Å². The second kappa shape index (κ2) is 10.8. The molecule has 1 N–H and O–H groups in total. The van der Waals surface area contributed by atoms with E-state index in [9.17, 15) is 9.59 Å². The van der Waals surface area contributed by atoms with E-state index in [-0.39, 0.29) is 17.2 Å². The predicted molar refractivity (Wildman–Crippen MR) is 140 cm³/mol. The van der Waals surface area contributed by atoms with Crippen LogP contribution in [0.5, 0.6) is 5.75 Å². The largest absolute Gasteiger partial charge is 0.494 e. The highest BCUT2D eigenvalue weighted by molar-refractivity contribution is 8.00. The number of benzene rings is 3. The third-order valence-electron chi connectivity index (χ3n) is 5.95. The van der Waals surface area contributed by atoms with Crippen molar-refractivity contribution in [3.05, 3.63) is 89.0 Å². The van der Waals surface area contributed by atoms with Crippen molar-refractivity contribution in [2.24, 2.45) is 0 Å². The van der Waals surface area contributed by atoms with E-state index in [4.69, 9.17) is 4.74 Å². The van der Waals surface area contributed by atoms with Crippen LogP contribution in [0.2, 0.25) is 0 Å². The molecule has 1 atom stereocenters. The molecule has 0 spiro atoms. The molecular weight excluding hydrogens is 444 g/mol. The first-order chi connectivity index (χ1) is 16.5. The molecule has 1 saturated heterocycles. The molecule has 1 aliphatic heterocycles. The molecule has 0 aliphatic carbocycles. The van der Waals surface area contributed by atoms with E-state index >= 15 is 0 Å². The average Bonchev–Trinajstić information content (AvgIpc) is 3.23. The van der Waals surface area contributed by atoms with Gasteiger partial charge in [0.05, 0.1) is 12.4 Å². The van der Waals surface area contributed by atoms with Crippen LogP contribution in [0, 0.1) is 13.8 Å². The zero-order valence-corrected chi connectivity index (χ0v) is 20.7. The molecule has 0 radical (unpaired) electrons. The maximum absolute atomic E-state index is 12.8. The van der Waals surface area contributed by atoms with Crippen molar-refractivity contribution < 1.29 is 14.3 Å². The van der Waals surface area contributed by atoms with Gasteiger partial charge in [0, 0.05) is 16.9 Å². The Bertz CT molecular complexity index is 1180. The minimum absolute atomic E-state index is 0.0916. The maximum Gasteiger partial charge on any atom is 0.255 e. The van der Waals surface area contributed by atoms with Gasteiger partial charge < -0.3 is 10.1 Å². The molecule has 1 fully saturated rings. The molecular formula is C28H30N2O3S. The zero-order valence-electron chi connectivity index (χ0n) is 19.8. The van der Waals surface area contributed by atoms with Gasteiger partial charge in [-0.05, 0) is 85.5 Å². The molecule has 6 heteroatoms. The number of carbonyl (C=O) groups is 2. The summed E-state index contributed by atoms with van der Waals surface area (Å²) in [5, 5.41) is 2.85. The van der Waals surface area contributed by atoms with E-state index in [0.29, 0.717) is 23.6 Å². The van der Waals surface area contributed by atoms with Gasteiger partial charge >= 0.3 is 0 Å². The monoisotopic (exact) mass is 474 g/mol. The van der Waals surface area contributed by atoms with E-state index in [0.717, 1.165) is 35.4 Å². The van der Waals surface area contributed by atoms with Crippen LogP contribution >= 0.6 is 11.8 Å². The van der Waals surface area contributed by atoms with Crippen molar-refractivity contribution in [3.8, 4) is 5.75 Å². The van der Waals surface area contributed by atoms with Crippen molar-refractivity contribution in [1.82, 2.24) is 0 Å². The summed E-state index contributed by atoms with van der Waals surface area (Å²) in [6, 6.07) is 21.0. The summed E-state index contributed by atoms with van der Waals surface area (Å²) in [7, 11) is 0. The first-order valence-corrected chi connectivity index (χ1v) is 12.7. The zero-order chi connectivity index (χ0) is 24.1. The number of ether oxygens (including phenoxy) is 1. The quantitative estimate of drug-likeness (QED) is 0.378. The Morgan fingerprint density at radius 3 is 2.59 bits per heavy atom. The lowest BCUT2D eigenvalue weighted by Crippen LogP contribution is -2.28. The molecule has 2 amide bonds. The highest BCUT2D eigenvalue weighted by atomic mass is 32.2. The summed E-state index contributed by atoms with van der Waals surface area (Å²) in [6.07, 6.45) is 2.08. The summed E-state index contributed by atoms with van der Waals surface area (Å²) >= 11 is 1.60. The Morgan fingerprint density at radius 2 is 1.85 bits per heavy atom. The van der Waals surface area contributed by atoms with Crippen LogP contribution < -0.4 is 15.0 Å². The van der Waals surface area contributed by atoms with Crippen LogP contribution in [0.15, 0.2) is 66.7 Å². The fraction of sp³-hybridized carbons (Fsp3) is 0.286. The van der Waals surface area contributed by atoms with Crippen molar-refractivity contribution in [2.75, 3.05) is 22.6 Å². The lowest BCUT2D eigenvalue weighted by atomic mass is 10.1. The highest BCUT2D eigenvalue weighted by Gasteiger charge is 2.34. The number of anilines is 2. The van der Waals surface area contributed by atoms with Crippen molar-refractivity contribution in [2.45, 2.75) is 39.0 Å². The van der Waals surface area contributed by atoms with Crippen LogP contribution in [-0.2, 0) is 4.79 Å². The molecule has 176 valence electrons. The van der Waals surface area contributed by atoms with Crippen LogP contribution in [-0.4, -0.2) is 24.2 Å². The summed E-state index contributed by atoms with van der Waals surface area (Å²) < 4.78 is 5.67. The maximum atomic E-state index is 12.8. The average molecular weight is 475 g/mol. The first kappa shape index (κ1) is 23.9. The number of hydrogen-bond donors (Lipinski definition) is 1. The predicted octanol–water partition coefficient (Wildman–Crippen LogP) is 6.51. The number of nitrogens with one attached hydrogen (secondary N) is 1. The Morgan fingerprint density at radius 1 is 1.06 bits per heavy atom. The molecule has 0 aromatic heterocycles. The Hall–Kier alpha value is -3.25. The van der Waals surface area contributed by atoms with Crippen LogP contribution in [0.4, 0.5) is 11.4 Å². The fourth-order valence-electron chi connectivity index (χ4n) is 3.84. The number of rotatable bonds is 8. The van der Waals surface area contributed by atoms with E-state index in [1.807, 2.05) is 47.4 Å². The summed E-state index contributed by atoms with van der Waals surface area (Å²) in [4.78, 5) is 27.4. The minimum atomic E-state index is -0.182. The van der Waals surface area contributed by atoms with E-state index in [1.165, 1.54) is 5.56 Å². The van der Waals surface area contributed by atoms with Crippen LogP contribution in [0.25, 0.3) is 0 Å². The molecule has 0 bridgehead atoms. The molecule has 3 aromatic carbocycles. The van der Waals surface area contributed by atoms with Crippen molar-refractivity contribution in [1.29, 1.82) is 0 Å². The van der Waals surface area contributed by atoms with Crippen molar-refractivity contribution >= 4 is 35.0 Å². The molecule has 1 heterocycles. The van der Waals surface area contributed by atoms with E-state index < -0.39 is 0 Å². The number of carbonyl (C=O) groups excluding carboxylic acids is 2. The smallest absolute Gasteiger partial charge is 0.255 e. The number of aryl methyl sites for hydroxylation is 2. The molecule has 0 saturated carbocycles. The number of unbranched alkanes of at least 4 members (excludes halogenated alkanes) is 1. The second-order valence-corrected chi connectivity index (χ2v) is 9.57. The Labute approximate surface area is 205 Å². The highest BCUT2D eigenvalue weighted by Crippen LogP contribution is 2.42. The van der Waals surface area contributed by atoms with Gasteiger partial charge in [-0.2, -0.15) is 0 Å². The third-order valence-corrected chi connectivity index (χ3v) is 7.16.